The smallest absolute Gasteiger partial charge is 0.281 e. The summed E-state index contributed by atoms with van der Waals surface area (Å²) in [5.74, 6) is 0. The number of aromatic nitrogens is 2. The van der Waals surface area contributed by atoms with Gasteiger partial charge in [0, 0.05) is 17.6 Å². The highest BCUT2D eigenvalue weighted by atomic mass is 16.1. The minimum absolute atomic E-state index is 0.0819. The Balaban J connectivity index is 2.15. The van der Waals surface area contributed by atoms with Crippen LogP contribution in [0.4, 0.5) is 5.69 Å². The summed E-state index contributed by atoms with van der Waals surface area (Å²) in [6.45, 7) is 9.30. The van der Waals surface area contributed by atoms with Crippen LogP contribution in [-0.2, 0) is 5.41 Å². The number of nitrogens with one attached hydrogen (secondary N) is 1. The third-order valence-corrected chi connectivity index (χ3v) is 4.16. The lowest BCUT2D eigenvalue weighted by atomic mass is 9.87. The third-order valence-electron chi connectivity index (χ3n) is 4.16. The number of rotatable bonds is 3. The molecule has 4 heteroatoms. The first-order valence-electron chi connectivity index (χ1n) is 8.27. The van der Waals surface area contributed by atoms with Gasteiger partial charge in [0.2, 0.25) is 0 Å². The largest absolute Gasteiger partial charge is 0.385 e. The van der Waals surface area contributed by atoms with Crippen molar-refractivity contribution < 1.29 is 0 Å². The minimum atomic E-state index is -0.104. The van der Waals surface area contributed by atoms with Crippen LogP contribution in [0, 0.1) is 0 Å². The second-order valence-electron chi connectivity index (χ2n) is 6.96. The fourth-order valence-corrected chi connectivity index (χ4v) is 2.82. The number of anilines is 1. The van der Waals surface area contributed by atoms with Crippen LogP contribution >= 0.6 is 0 Å². The van der Waals surface area contributed by atoms with Crippen molar-refractivity contribution in [3.63, 3.8) is 0 Å². The monoisotopic (exact) mass is 321 g/mol. The van der Waals surface area contributed by atoms with Crippen molar-refractivity contribution in [2.75, 3.05) is 11.9 Å². The summed E-state index contributed by atoms with van der Waals surface area (Å²) in [4.78, 5) is 13.0. The average molecular weight is 321 g/mol. The average Bonchev–Trinajstić information content (AvgIpc) is 2.55. The predicted octanol–water partition coefficient (Wildman–Crippen LogP) is 4.12. The maximum Gasteiger partial charge on any atom is 0.281 e. The molecule has 0 aliphatic carbocycles. The van der Waals surface area contributed by atoms with Gasteiger partial charge < -0.3 is 5.32 Å². The van der Waals surface area contributed by atoms with Gasteiger partial charge in [-0.15, -0.1) is 0 Å². The fourth-order valence-electron chi connectivity index (χ4n) is 2.82. The summed E-state index contributed by atoms with van der Waals surface area (Å²) in [7, 11) is 0. The highest BCUT2D eigenvalue weighted by Crippen LogP contribution is 2.23. The molecule has 1 heterocycles. The van der Waals surface area contributed by atoms with Crippen molar-refractivity contribution in [1.82, 2.24) is 9.78 Å². The Morgan fingerprint density at radius 1 is 1.08 bits per heavy atom. The van der Waals surface area contributed by atoms with Crippen molar-refractivity contribution in [2.24, 2.45) is 0 Å². The van der Waals surface area contributed by atoms with E-state index < -0.39 is 0 Å². The van der Waals surface area contributed by atoms with Gasteiger partial charge >= 0.3 is 0 Å². The maximum atomic E-state index is 13.0. The van der Waals surface area contributed by atoms with Crippen molar-refractivity contribution in [2.45, 2.75) is 33.1 Å². The van der Waals surface area contributed by atoms with Gasteiger partial charge in [0.15, 0.2) is 0 Å². The SMILES string of the molecule is CCNc1cccc2cnn(-c3ccc(C(C)(C)C)cc3)c(=O)c12. The van der Waals surface area contributed by atoms with E-state index in [1.807, 2.05) is 37.3 Å². The molecule has 4 nitrogen and oxygen atoms in total. The quantitative estimate of drug-likeness (QED) is 0.789. The van der Waals surface area contributed by atoms with Gasteiger partial charge in [0.25, 0.3) is 5.56 Å². The number of benzene rings is 2. The fraction of sp³-hybridized carbons (Fsp3) is 0.300. The molecular formula is C20H23N3O. The predicted molar refractivity (Wildman–Crippen MR) is 100 cm³/mol. The van der Waals surface area contributed by atoms with Gasteiger partial charge in [-0.3, -0.25) is 4.79 Å². The molecule has 0 atom stereocenters. The van der Waals surface area contributed by atoms with E-state index in [2.05, 4.69) is 43.3 Å². The molecule has 1 N–H and O–H groups in total. The van der Waals surface area contributed by atoms with E-state index in [1.165, 1.54) is 10.2 Å². The molecule has 0 spiro atoms. The Hall–Kier alpha value is -2.62. The van der Waals surface area contributed by atoms with Gasteiger partial charge in [-0.25, -0.2) is 0 Å². The van der Waals surface area contributed by atoms with Gasteiger partial charge in [-0.05, 0) is 36.1 Å². The molecule has 3 aromatic rings. The first-order valence-corrected chi connectivity index (χ1v) is 8.27. The molecule has 0 saturated heterocycles. The summed E-state index contributed by atoms with van der Waals surface area (Å²) in [6, 6.07) is 13.8. The molecule has 0 radical (unpaired) electrons. The van der Waals surface area contributed by atoms with E-state index in [0.717, 1.165) is 23.3 Å². The topological polar surface area (TPSA) is 46.9 Å². The number of hydrogen-bond donors (Lipinski definition) is 1. The Morgan fingerprint density at radius 2 is 1.79 bits per heavy atom. The van der Waals surface area contributed by atoms with Crippen LogP contribution in [0.5, 0.6) is 0 Å². The van der Waals surface area contributed by atoms with Gasteiger partial charge in [0.05, 0.1) is 17.3 Å². The Bertz CT molecular complexity index is 918. The molecular weight excluding hydrogens is 298 g/mol. The Labute approximate surface area is 142 Å². The zero-order valence-corrected chi connectivity index (χ0v) is 14.6. The van der Waals surface area contributed by atoms with E-state index in [4.69, 9.17) is 0 Å². The summed E-state index contributed by atoms with van der Waals surface area (Å²) < 4.78 is 1.47. The zero-order chi connectivity index (χ0) is 17.3. The summed E-state index contributed by atoms with van der Waals surface area (Å²) in [5.41, 5.74) is 2.84. The van der Waals surface area contributed by atoms with Crippen LogP contribution < -0.4 is 10.9 Å². The molecule has 1 aromatic heterocycles. The van der Waals surface area contributed by atoms with Crippen molar-refractivity contribution in [1.29, 1.82) is 0 Å². The van der Waals surface area contributed by atoms with Crippen molar-refractivity contribution in [3.8, 4) is 5.69 Å². The summed E-state index contributed by atoms with van der Waals surface area (Å²) >= 11 is 0. The van der Waals surface area contributed by atoms with Gasteiger partial charge in [0.1, 0.15) is 0 Å². The van der Waals surface area contributed by atoms with Crippen LogP contribution in [0.25, 0.3) is 16.5 Å². The first kappa shape index (κ1) is 16.2. The molecule has 0 amide bonds. The molecule has 124 valence electrons. The van der Waals surface area contributed by atoms with Crippen LogP contribution in [0.2, 0.25) is 0 Å². The number of fused-ring (bicyclic) bond motifs is 1. The molecule has 0 fully saturated rings. The number of nitrogens with zero attached hydrogens (tertiary/aromatic N) is 2. The van der Waals surface area contributed by atoms with Crippen LogP contribution in [0.1, 0.15) is 33.3 Å². The lowest BCUT2D eigenvalue weighted by Crippen LogP contribution is -2.22. The van der Waals surface area contributed by atoms with Crippen LogP contribution in [0.3, 0.4) is 0 Å². The summed E-state index contributed by atoms with van der Waals surface area (Å²) in [5, 5.41) is 9.13. The molecule has 0 saturated carbocycles. The van der Waals surface area contributed by atoms with Crippen molar-refractivity contribution in [3.05, 3.63) is 64.6 Å². The van der Waals surface area contributed by atoms with Crippen LogP contribution in [0.15, 0.2) is 53.5 Å². The normalized spacial score (nSPS) is 11.7. The second kappa shape index (κ2) is 6.11. The van der Waals surface area contributed by atoms with E-state index >= 15 is 0 Å². The van der Waals surface area contributed by atoms with E-state index in [0.29, 0.717) is 5.39 Å². The minimum Gasteiger partial charge on any atom is -0.385 e. The standard InChI is InChI=1S/C20H23N3O/c1-5-21-17-8-6-7-14-13-22-23(19(24)18(14)17)16-11-9-15(10-12-16)20(2,3)4/h6-13,21H,5H2,1-4H3. The summed E-state index contributed by atoms with van der Waals surface area (Å²) in [6.07, 6.45) is 1.75. The van der Waals surface area contributed by atoms with E-state index in [9.17, 15) is 4.79 Å². The highest BCUT2D eigenvalue weighted by Gasteiger charge is 2.14. The Kier molecular flexibility index (Phi) is 4.14. The molecule has 0 aliphatic heterocycles. The zero-order valence-electron chi connectivity index (χ0n) is 14.6. The molecule has 3 rings (SSSR count). The lowest BCUT2D eigenvalue weighted by molar-refractivity contribution is 0.590. The molecule has 24 heavy (non-hydrogen) atoms. The van der Waals surface area contributed by atoms with Gasteiger partial charge in [-0.2, -0.15) is 9.78 Å². The number of hydrogen-bond acceptors (Lipinski definition) is 3. The van der Waals surface area contributed by atoms with Crippen molar-refractivity contribution >= 4 is 16.5 Å². The van der Waals surface area contributed by atoms with Crippen LogP contribution in [-0.4, -0.2) is 16.3 Å². The maximum absolute atomic E-state index is 13.0. The molecule has 0 unspecified atom stereocenters. The second-order valence-corrected chi connectivity index (χ2v) is 6.96. The highest BCUT2D eigenvalue weighted by molar-refractivity contribution is 5.92. The molecule has 0 bridgehead atoms. The molecule has 0 aliphatic rings. The third kappa shape index (κ3) is 2.92. The lowest BCUT2D eigenvalue weighted by Gasteiger charge is -2.19. The van der Waals surface area contributed by atoms with Gasteiger partial charge in [-0.1, -0.05) is 45.0 Å². The van der Waals surface area contributed by atoms with E-state index in [1.54, 1.807) is 6.20 Å². The molecule has 2 aromatic carbocycles. The van der Waals surface area contributed by atoms with E-state index in [-0.39, 0.29) is 11.0 Å². The Morgan fingerprint density at radius 3 is 2.42 bits per heavy atom. The first-order chi connectivity index (χ1) is 11.4.